The van der Waals surface area contributed by atoms with Gasteiger partial charge in [0.05, 0.1) is 4.88 Å². The van der Waals surface area contributed by atoms with E-state index in [1.807, 2.05) is 0 Å². The molecule has 1 unspecified atom stereocenters. The topological polar surface area (TPSA) is 66.4 Å². The quantitative estimate of drug-likeness (QED) is 0.911. The number of carbonyl (C=O) groups is 2. The van der Waals surface area contributed by atoms with Crippen LogP contribution in [0.25, 0.3) is 10.1 Å². The first-order chi connectivity index (χ1) is 9.37. The smallest absolute Gasteiger partial charge is 0.329 e. The lowest BCUT2D eigenvalue weighted by atomic mass is 9.99. The van der Waals surface area contributed by atoms with Gasteiger partial charge in [-0.2, -0.15) is 0 Å². The summed E-state index contributed by atoms with van der Waals surface area (Å²) in [5.41, 5.74) is -1.33. The van der Waals surface area contributed by atoms with Crippen molar-refractivity contribution < 1.29 is 19.1 Å². The van der Waals surface area contributed by atoms with Crippen LogP contribution in [-0.4, -0.2) is 22.5 Å². The summed E-state index contributed by atoms with van der Waals surface area (Å²) in [7, 11) is 0. The van der Waals surface area contributed by atoms with E-state index in [9.17, 15) is 14.0 Å². The monoisotopic (exact) mass is 295 g/mol. The Morgan fingerprint density at radius 3 is 2.70 bits per heavy atom. The number of hydrogen-bond donors (Lipinski definition) is 2. The first-order valence-corrected chi connectivity index (χ1v) is 6.93. The lowest BCUT2D eigenvalue weighted by molar-refractivity contribution is -0.143. The molecule has 1 aromatic heterocycles. The predicted molar refractivity (Wildman–Crippen MR) is 75.6 cm³/mol. The van der Waals surface area contributed by atoms with Crippen molar-refractivity contribution in [2.24, 2.45) is 0 Å². The number of halogens is 1. The summed E-state index contributed by atoms with van der Waals surface area (Å²) in [6, 6.07) is 6.06. The SMILES string of the molecule is CCC(C)(NC(=O)c1cc2c(F)cccc2s1)C(=O)O. The van der Waals surface area contributed by atoms with Crippen molar-refractivity contribution in [1.29, 1.82) is 0 Å². The van der Waals surface area contributed by atoms with Crippen molar-refractivity contribution in [2.75, 3.05) is 0 Å². The van der Waals surface area contributed by atoms with Gasteiger partial charge in [0.2, 0.25) is 0 Å². The Kier molecular flexibility index (Phi) is 3.76. The van der Waals surface area contributed by atoms with Crippen LogP contribution < -0.4 is 5.32 Å². The van der Waals surface area contributed by atoms with E-state index in [4.69, 9.17) is 5.11 Å². The number of benzene rings is 1. The van der Waals surface area contributed by atoms with Crippen LogP contribution in [0.2, 0.25) is 0 Å². The van der Waals surface area contributed by atoms with Gasteiger partial charge in [-0.3, -0.25) is 4.79 Å². The number of rotatable bonds is 4. The highest BCUT2D eigenvalue weighted by atomic mass is 32.1. The molecule has 0 radical (unpaired) electrons. The highest BCUT2D eigenvalue weighted by Crippen LogP contribution is 2.28. The van der Waals surface area contributed by atoms with Gasteiger partial charge >= 0.3 is 5.97 Å². The Labute approximate surface area is 119 Å². The summed E-state index contributed by atoms with van der Waals surface area (Å²) in [4.78, 5) is 23.6. The second kappa shape index (κ2) is 5.20. The van der Waals surface area contributed by atoms with Crippen molar-refractivity contribution >= 4 is 33.3 Å². The lowest BCUT2D eigenvalue weighted by Crippen LogP contribution is -2.51. The Balaban J connectivity index is 2.32. The molecule has 2 aromatic rings. The zero-order valence-electron chi connectivity index (χ0n) is 11.1. The molecule has 20 heavy (non-hydrogen) atoms. The number of carboxylic acid groups (broad SMARTS) is 1. The summed E-state index contributed by atoms with van der Waals surface area (Å²) in [6.45, 7) is 3.13. The normalized spacial score (nSPS) is 13.9. The van der Waals surface area contributed by atoms with E-state index in [1.54, 1.807) is 19.1 Å². The molecule has 106 valence electrons. The summed E-state index contributed by atoms with van der Waals surface area (Å²) >= 11 is 1.14. The summed E-state index contributed by atoms with van der Waals surface area (Å²) in [5, 5.41) is 12.0. The molecular weight excluding hydrogens is 281 g/mol. The molecule has 4 nitrogen and oxygen atoms in total. The molecule has 2 N–H and O–H groups in total. The highest BCUT2D eigenvalue weighted by Gasteiger charge is 2.33. The maximum Gasteiger partial charge on any atom is 0.329 e. The Hall–Kier alpha value is -1.95. The van der Waals surface area contributed by atoms with Gasteiger partial charge in [0.1, 0.15) is 11.4 Å². The van der Waals surface area contributed by atoms with E-state index in [0.717, 1.165) is 11.3 Å². The zero-order chi connectivity index (χ0) is 14.9. The second-order valence-electron chi connectivity index (χ2n) is 4.71. The molecule has 2 rings (SSSR count). The number of carbonyl (C=O) groups excluding carboxylic acids is 1. The van der Waals surface area contributed by atoms with Crippen LogP contribution in [0.15, 0.2) is 24.3 Å². The van der Waals surface area contributed by atoms with E-state index in [1.165, 1.54) is 19.1 Å². The van der Waals surface area contributed by atoms with Crippen LogP contribution in [0.5, 0.6) is 0 Å². The molecule has 0 fully saturated rings. The Morgan fingerprint density at radius 1 is 1.45 bits per heavy atom. The molecule has 0 spiro atoms. The maximum atomic E-state index is 13.6. The fourth-order valence-corrected chi connectivity index (χ4v) is 2.71. The van der Waals surface area contributed by atoms with E-state index >= 15 is 0 Å². The molecule has 1 amide bonds. The summed E-state index contributed by atoms with van der Waals surface area (Å²) < 4.78 is 14.2. The minimum Gasteiger partial charge on any atom is -0.480 e. The standard InChI is InChI=1S/C14H14FNO3S/c1-3-14(2,13(18)19)16-12(17)11-7-8-9(15)5-4-6-10(8)20-11/h4-7H,3H2,1-2H3,(H,16,17)(H,18,19). The average molecular weight is 295 g/mol. The molecule has 0 saturated carbocycles. The number of amides is 1. The van der Waals surface area contributed by atoms with Gasteiger partial charge in [0.15, 0.2) is 0 Å². The van der Waals surface area contributed by atoms with Gasteiger partial charge in [-0.05, 0) is 31.5 Å². The van der Waals surface area contributed by atoms with E-state index in [2.05, 4.69) is 5.32 Å². The maximum absolute atomic E-state index is 13.6. The Morgan fingerprint density at radius 2 is 2.15 bits per heavy atom. The number of nitrogens with one attached hydrogen (secondary N) is 1. The van der Waals surface area contributed by atoms with Crippen LogP contribution in [0.1, 0.15) is 29.9 Å². The third-order valence-electron chi connectivity index (χ3n) is 3.30. The van der Waals surface area contributed by atoms with Crippen LogP contribution in [0.4, 0.5) is 4.39 Å². The van der Waals surface area contributed by atoms with Crippen molar-refractivity contribution in [3.05, 3.63) is 35.0 Å². The molecule has 0 aliphatic rings. The molecule has 1 aromatic carbocycles. The summed E-state index contributed by atoms with van der Waals surface area (Å²) in [5.74, 6) is -1.99. The molecule has 0 aliphatic carbocycles. The minimum absolute atomic E-state index is 0.257. The molecule has 1 heterocycles. The Bertz CT molecular complexity index is 682. The number of carboxylic acids is 1. The zero-order valence-corrected chi connectivity index (χ0v) is 11.9. The van der Waals surface area contributed by atoms with Crippen molar-refractivity contribution in [1.82, 2.24) is 5.32 Å². The fraction of sp³-hybridized carbons (Fsp3) is 0.286. The third-order valence-corrected chi connectivity index (χ3v) is 4.40. The van der Waals surface area contributed by atoms with E-state index < -0.39 is 23.2 Å². The van der Waals surface area contributed by atoms with Crippen LogP contribution in [0.3, 0.4) is 0 Å². The third kappa shape index (κ3) is 2.51. The van der Waals surface area contributed by atoms with Gasteiger partial charge in [-0.15, -0.1) is 11.3 Å². The van der Waals surface area contributed by atoms with Gasteiger partial charge in [0, 0.05) is 10.1 Å². The van der Waals surface area contributed by atoms with Crippen LogP contribution in [0, 0.1) is 5.82 Å². The second-order valence-corrected chi connectivity index (χ2v) is 5.79. The fourth-order valence-electron chi connectivity index (χ4n) is 1.74. The first kappa shape index (κ1) is 14.5. The number of aliphatic carboxylic acids is 1. The van der Waals surface area contributed by atoms with E-state index in [0.29, 0.717) is 15.0 Å². The molecule has 0 bridgehead atoms. The first-order valence-electron chi connectivity index (χ1n) is 6.11. The van der Waals surface area contributed by atoms with Gasteiger partial charge < -0.3 is 10.4 Å². The van der Waals surface area contributed by atoms with Gasteiger partial charge in [0.25, 0.3) is 5.91 Å². The molecule has 0 aliphatic heterocycles. The molecule has 6 heteroatoms. The molecular formula is C14H14FNO3S. The number of fused-ring (bicyclic) bond motifs is 1. The number of thiophene rings is 1. The van der Waals surface area contributed by atoms with Gasteiger partial charge in [-0.1, -0.05) is 13.0 Å². The largest absolute Gasteiger partial charge is 0.480 e. The minimum atomic E-state index is -1.33. The molecule has 1 atom stereocenters. The number of hydrogen-bond acceptors (Lipinski definition) is 3. The van der Waals surface area contributed by atoms with Crippen LogP contribution >= 0.6 is 11.3 Å². The molecule has 0 saturated heterocycles. The van der Waals surface area contributed by atoms with E-state index in [-0.39, 0.29) is 6.42 Å². The van der Waals surface area contributed by atoms with Gasteiger partial charge in [-0.25, -0.2) is 9.18 Å². The summed E-state index contributed by atoms with van der Waals surface area (Å²) in [6.07, 6.45) is 0.257. The van der Waals surface area contributed by atoms with Crippen molar-refractivity contribution in [3.8, 4) is 0 Å². The average Bonchev–Trinajstić information content (AvgIpc) is 2.84. The van der Waals surface area contributed by atoms with Crippen molar-refractivity contribution in [3.63, 3.8) is 0 Å². The van der Waals surface area contributed by atoms with Crippen molar-refractivity contribution in [2.45, 2.75) is 25.8 Å². The van der Waals surface area contributed by atoms with Crippen LogP contribution in [-0.2, 0) is 4.79 Å². The lowest BCUT2D eigenvalue weighted by Gasteiger charge is -2.24. The predicted octanol–water partition coefficient (Wildman–Crippen LogP) is 3.02. The highest BCUT2D eigenvalue weighted by molar-refractivity contribution is 7.20.